The second-order valence-electron chi connectivity index (χ2n) is 4.11. The first-order chi connectivity index (χ1) is 7.69. The lowest BCUT2D eigenvalue weighted by Crippen LogP contribution is -2.33. The molecule has 0 heterocycles. The number of fused-ring (bicyclic) bond motifs is 1. The van der Waals surface area contributed by atoms with Crippen molar-refractivity contribution in [2.24, 2.45) is 17.3 Å². The fourth-order valence-corrected chi connectivity index (χ4v) is 2.64. The smallest absolute Gasteiger partial charge is 0.324 e. The van der Waals surface area contributed by atoms with Gasteiger partial charge in [0.05, 0.1) is 13.2 Å². The summed E-state index contributed by atoms with van der Waals surface area (Å²) in [5.74, 6) is -0.795. The van der Waals surface area contributed by atoms with Crippen LogP contribution in [0.2, 0.25) is 0 Å². The van der Waals surface area contributed by atoms with Crippen LogP contribution in [-0.2, 0) is 19.1 Å². The van der Waals surface area contributed by atoms with Crippen molar-refractivity contribution in [2.75, 3.05) is 13.2 Å². The van der Waals surface area contributed by atoms with Gasteiger partial charge in [0.25, 0.3) is 0 Å². The number of allylic oxidation sites excluding steroid dienone is 2. The molecule has 16 heavy (non-hydrogen) atoms. The van der Waals surface area contributed by atoms with Crippen molar-refractivity contribution >= 4 is 11.9 Å². The molecule has 0 aromatic carbocycles. The monoisotopic (exact) mass is 224 g/mol. The number of carbonyl (C=O) groups is 2. The molecule has 2 rings (SSSR count). The molecule has 0 spiro atoms. The zero-order chi connectivity index (χ0) is 11.8. The molecule has 88 valence electrons. The van der Waals surface area contributed by atoms with Crippen LogP contribution in [0, 0.1) is 17.3 Å². The molecule has 1 fully saturated rings. The second-order valence-corrected chi connectivity index (χ2v) is 4.11. The van der Waals surface area contributed by atoms with E-state index in [0.717, 1.165) is 6.42 Å². The molecule has 0 amide bonds. The second kappa shape index (κ2) is 3.92. The summed E-state index contributed by atoms with van der Waals surface area (Å²) in [7, 11) is 0. The Labute approximate surface area is 94.6 Å². The van der Waals surface area contributed by atoms with E-state index in [0.29, 0.717) is 13.2 Å². The highest BCUT2D eigenvalue weighted by atomic mass is 16.6. The van der Waals surface area contributed by atoms with Gasteiger partial charge in [0.1, 0.15) is 0 Å². The molecule has 1 saturated carbocycles. The molecule has 4 nitrogen and oxygen atoms in total. The lowest BCUT2D eigenvalue weighted by atomic mass is 9.99. The summed E-state index contributed by atoms with van der Waals surface area (Å²) in [5.41, 5.74) is -1.03. The van der Waals surface area contributed by atoms with Crippen LogP contribution in [0.15, 0.2) is 12.2 Å². The van der Waals surface area contributed by atoms with Crippen LogP contribution in [0.1, 0.15) is 20.3 Å². The molecule has 0 bridgehead atoms. The number of hydrogen-bond donors (Lipinski definition) is 0. The standard InChI is InChI=1S/C12H16O4/c1-3-15-10(13)12(11(14)16-4-2)8-6-5-7-9(8)12/h5-6,8-9H,3-4,7H2,1-2H3. The quantitative estimate of drug-likeness (QED) is 0.410. The molecule has 0 aliphatic heterocycles. The molecule has 2 unspecified atom stereocenters. The number of ether oxygens (including phenoxy) is 2. The Morgan fingerprint density at radius 3 is 2.19 bits per heavy atom. The maximum atomic E-state index is 11.9. The number of esters is 2. The van der Waals surface area contributed by atoms with Gasteiger partial charge in [-0.25, -0.2) is 0 Å². The van der Waals surface area contributed by atoms with Gasteiger partial charge >= 0.3 is 11.9 Å². The fourth-order valence-electron chi connectivity index (χ4n) is 2.64. The molecule has 4 heteroatoms. The van der Waals surface area contributed by atoms with Crippen molar-refractivity contribution in [3.63, 3.8) is 0 Å². The average molecular weight is 224 g/mol. The maximum Gasteiger partial charge on any atom is 0.324 e. The maximum absolute atomic E-state index is 11.9. The normalized spacial score (nSPS) is 28.4. The summed E-state index contributed by atoms with van der Waals surface area (Å²) in [5, 5.41) is 0. The van der Waals surface area contributed by atoms with Crippen molar-refractivity contribution < 1.29 is 19.1 Å². The van der Waals surface area contributed by atoms with E-state index >= 15 is 0 Å². The first-order valence-electron chi connectivity index (χ1n) is 5.70. The number of hydrogen-bond acceptors (Lipinski definition) is 4. The van der Waals surface area contributed by atoms with Gasteiger partial charge in [-0.05, 0) is 26.2 Å². The van der Waals surface area contributed by atoms with Crippen LogP contribution in [-0.4, -0.2) is 25.2 Å². The summed E-state index contributed by atoms with van der Waals surface area (Å²) in [6.07, 6.45) is 4.70. The molecule has 2 aliphatic rings. The highest BCUT2D eigenvalue weighted by molar-refractivity contribution is 6.05. The summed E-state index contributed by atoms with van der Waals surface area (Å²) < 4.78 is 10.00. The van der Waals surface area contributed by atoms with Gasteiger partial charge in [0, 0.05) is 5.92 Å². The number of carbonyl (C=O) groups excluding carboxylic acids is 2. The van der Waals surface area contributed by atoms with Crippen molar-refractivity contribution in [1.82, 2.24) is 0 Å². The summed E-state index contributed by atoms with van der Waals surface area (Å²) in [6, 6.07) is 0. The molecule has 0 radical (unpaired) electrons. The Kier molecular flexibility index (Phi) is 2.74. The van der Waals surface area contributed by atoms with Gasteiger partial charge in [0.15, 0.2) is 5.41 Å². The highest BCUT2D eigenvalue weighted by Gasteiger charge is 2.76. The lowest BCUT2D eigenvalue weighted by Gasteiger charge is -2.15. The van der Waals surface area contributed by atoms with E-state index in [4.69, 9.17) is 9.47 Å². The topological polar surface area (TPSA) is 52.6 Å². The van der Waals surface area contributed by atoms with Gasteiger partial charge in [-0.3, -0.25) is 9.59 Å². The van der Waals surface area contributed by atoms with E-state index in [1.54, 1.807) is 13.8 Å². The van der Waals surface area contributed by atoms with E-state index in [1.807, 2.05) is 12.2 Å². The van der Waals surface area contributed by atoms with Gasteiger partial charge in [-0.1, -0.05) is 12.2 Å². The Bertz CT molecular complexity index is 327. The van der Waals surface area contributed by atoms with Crippen LogP contribution in [0.3, 0.4) is 0 Å². The van der Waals surface area contributed by atoms with Gasteiger partial charge in [-0.2, -0.15) is 0 Å². The molecule has 0 N–H and O–H groups in total. The van der Waals surface area contributed by atoms with Crippen LogP contribution in [0.4, 0.5) is 0 Å². The van der Waals surface area contributed by atoms with Crippen LogP contribution >= 0.6 is 0 Å². The molecule has 2 aliphatic carbocycles. The third-order valence-electron chi connectivity index (χ3n) is 3.39. The van der Waals surface area contributed by atoms with E-state index in [9.17, 15) is 9.59 Å². The largest absolute Gasteiger partial charge is 0.465 e. The fraction of sp³-hybridized carbons (Fsp3) is 0.667. The molecule has 0 aromatic rings. The Morgan fingerprint density at radius 1 is 1.25 bits per heavy atom. The van der Waals surface area contributed by atoms with Crippen molar-refractivity contribution in [3.05, 3.63) is 12.2 Å². The van der Waals surface area contributed by atoms with E-state index < -0.39 is 17.4 Å². The minimum Gasteiger partial charge on any atom is -0.465 e. The molecular formula is C12H16O4. The summed E-state index contributed by atoms with van der Waals surface area (Å²) in [4.78, 5) is 23.8. The summed E-state index contributed by atoms with van der Waals surface area (Å²) >= 11 is 0. The molecule has 0 saturated heterocycles. The minimum atomic E-state index is -1.03. The summed E-state index contributed by atoms with van der Waals surface area (Å²) in [6.45, 7) is 4.07. The number of rotatable bonds is 4. The van der Waals surface area contributed by atoms with Crippen LogP contribution < -0.4 is 0 Å². The van der Waals surface area contributed by atoms with Crippen LogP contribution in [0.5, 0.6) is 0 Å². The average Bonchev–Trinajstić information content (AvgIpc) is 2.65. The Hall–Kier alpha value is -1.32. The first kappa shape index (κ1) is 11.2. The van der Waals surface area contributed by atoms with E-state index in [1.165, 1.54) is 0 Å². The van der Waals surface area contributed by atoms with Crippen molar-refractivity contribution in [3.8, 4) is 0 Å². The highest BCUT2D eigenvalue weighted by Crippen LogP contribution is 2.65. The van der Waals surface area contributed by atoms with E-state index in [-0.39, 0.29) is 11.8 Å². The van der Waals surface area contributed by atoms with Crippen molar-refractivity contribution in [1.29, 1.82) is 0 Å². The third-order valence-corrected chi connectivity index (χ3v) is 3.39. The SMILES string of the molecule is CCOC(=O)C1(C(=O)OCC)C2C=CCC21. The minimum absolute atomic E-state index is 0.00870. The zero-order valence-corrected chi connectivity index (χ0v) is 9.56. The lowest BCUT2D eigenvalue weighted by molar-refractivity contribution is -0.165. The van der Waals surface area contributed by atoms with E-state index in [2.05, 4.69) is 0 Å². The molecule has 2 atom stereocenters. The van der Waals surface area contributed by atoms with Gasteiger partial charge in [-0.15, -0.1) is 0 Å². The first-order valence-corrected chi connectivity index (χ1v) is 5.70. The Balaban J connectivity index is 2.19. The van der Waals surface area contributed by atoms with Crippen LogP contribution in [0.25, 0.3) is 0 Å². The van der Waals surface area contributed by atoms with Crippen molar-refractivity contribution in [2.45, 2.75) is 20.3 Å². The zero-order valence-electron chi connectivity index (χ0n) is 9.56. The third kappa shape index (κ3) is 1.29. The van der Waals surface area contributed by atoms with Gasteiger partial charge < -0.3 is 9.47 Å². The molecule has 0 aromatic heterocycles. The Morgan fingerprint density at radius 2 is 1.81 bits per heavy atom. The predicted octanol–water partition coefficient (Wildman–Crippen LogP) is 1.30. The molecular weight excluding hydrogens is 208 g/mol. The van der Waals surface area contributed by atoms with Gasteiger partial charge in [0.2, 0.25) is 0 Å². The predicted molar refractivity (Wildman–Crippen MR) is 56.4 cm³/mol.